The number of nitrogens with zero attached hydrogens (tertiary/aromatic N) is 3. The number of benzene rings is 1. The average molecular weight is 222 g/mol. The Bertz CT molecular complexity index is 690. The topological polar surface area (TPSA) is 56.7 Å². The molecule has 2 N–H and O–H groups in total. The number of hydrogen-bond donors (Lipinski definition) is 1. The first-order valence-electron chi connectivity index (χ1n) is 5.41. The van der Waals surface area contributed by atoms with E-state index in [2.05, 4.69) is 9.97 Å². The van der Waals surface area contributed by atoms with E-state index in [0.717, 1.165) is 28.1 Å². The summed E-state index contributed by atoms with van der Waals surface area (Å²) in [6, 6.07) is 11.6. The highest BCUT2D eigenvalue weighted by Gasteiger charge is 2.05. The van der Waals surface area contributed by atoms with Gasteiger partial charge in [-0.05, 0) is 29.9 Å². The van der Waals surface area contributed by atoms with Crippen molar-refractivity contribution in [2.24, 2.45) is 0 Å². The molecule has 0 atom stereocenters. The third kappa shape index (κ3) is 1.65. The third-order valence-corrected chi connectivity index (χ3v) is 2.69. The number of imidazole rings is 1. The van der Waals surface area contributed by atoms with Crippen LogP contribution < -0.4 is 11.3 Å². The summed E-state index contributed by atoms with van der Waals surface area (Å²) in [4.78, 5) is 8.81. The maximum atomic E-state index is 5.80. The van der Waals surface area contributed by atoms with Crippen LogP contribution in [0.2, 0.25) is 0 Å². The molecule has 3 rings (SSSR count). The van der Waals surface area contributed by atoms with Gasteiger partial charge in [-0.1, -0.05) is 12.1 Å². The molecule has 0 saturated carbocycles. The average Bonchev–Trinajstić information content (AvgIpc) is 2.71. The van der Waals surface area contributed by atoms with Crippen LogP contribution in [-0.2, 0) is 0 Å². The Morgan fingerprint density at radius 3 is 2.88 bits per heavy atom. The van der Waals surface area contributed by atoms with E-state index in [-0.39, 0.29) is 0 Å². The molecular weight excluding hydrogens is 211 g/mol. The molecule has 82 valence electrons. The van der Waals surface area contributed by atoms with Crippen LogP contribution in [0, 0.1) is 0 Å². The summed E-state index contributed by atoms with van der Waals surface area (Å²) < 4.78 is 1.94. The van der Waals surface area contributed by atoms with Gasteiger partial charge in [-0.15, -0.1) is 0 Å². The van der Waals surface area contributed by atoms with Gasteiger partial charge in [0.05, 0.1) is 11.0 Å². The molecule has 0 fully saturated rings. The standard InChI is InChI=1S/C12H11BN4/c13-11-2-1-3-12(16-11)17-7-15-9-5-4-8(14)6-10(9)17/h1-7H,13-14H2. The molecule has 0 radical (unpaired) electrons. The fraction of sp³-hybridized carbons (Fsp3) is 0. The summed E-state index contributed by atoms with van der Waals surface area (Å²) >= 11 is 0. The second kappa shape index (κ2) is 3.62. The summed E-state index contributed by atoms with van der Waals surface area (Å²) in [5.74, 6) is 0.859. The lowest BCUT2D eigenvalue weighted by atomic mass is 10.0. The molecule has 5 heteroatoms. The minimum Gasteiger partial charge on any atom is -0.399 e. The minimum atomic E-state index is 0.729. The summed E-state index contributed by atoms with van der Waals surface area (Å²) in [6.07, 6.45) is 1.77. The van der Waals surface area contributed by atoms with Crippen LogP contribution in [-0.4, -0.2) is 22.4 Å². The molecule has 1 aromatic carbocycles. The van der Waals surface area contributed by atoms with Crippen molar-refractivity contribution < 1.29 is 0 Å². The number of nitrogens with two attached hydrogens (primary N) is 1. The number of anilines is 1. The molecule has 0 aliphatic heterocycles. The van der Waals surface area contributed by atoms with Crippen molar-refractivity contribution in [2.75, 3.05) is 5.73 Å². The molecule has 0 spiro atoms. The molecular formula is C12H11BN4. The molecule has 2 heterocycles. The summed E-state index contributed by atoms with van der Waals surface area (Å²) in [5, 5.41) is 0. The van der Waals surface area contributed by atoms with Crippen molar-refractivity contribution in [2.45, 2.75) is 0 Å². The second-order valence-electron chi connectivity index (χ2n) is 4.00. The van der Waals surface area contributed by atoms with E-state index < -0.39 is 0 Å². The van der Waals surface area contributed by atoms with Crippen molar-refractivity contribution in [3.63, 3.8) is 0 Å². The lowest BCUT2D eigenvalue weighted by Crippen LogP contribution is -2.10. The summed E-state index contributed by atoms with van der Waals surface area (Å²) in [5.41, 5.74) is 9.40. The van der Waals surface area contributed by atoms with Gasteiger partial charge in [-0.25, -0.2) is 9.97 Å². The Morgan fingerprint density at radius 1 is 1.18 bits per heavy atom. The van der Waals surface area contributed by atoms with Crippen LogP contribution >= 0.6 is 0 Å². The van der Waals surface area contributed by atoms with E-state index >= 15 is 0 Å². The highest BCUT2D eigenvalue weighted by molar-refractivity contribution is 6.30. The zero-order valence-electron chi connectivity index (χ0n) is 9.46. The highest BCUT2D eigenvalue weighted by atomic mass is 15.1. The normalized spacial score (nSPS) is 10.8. The molecule has 4 nitrogen and oxygen atoms in total. The molecule has 2 aromatic heterocycles. The van der Waals surface area contributed by atoms with Gasteiger partial charge in [0.15, 0.2) is 7.85 Å². The molecule has 0 unspecified atom stereocenters. The van der Waals surface area contributed by atoms with Gasteiger partial charge >= 0.3 is 0 Å². The molecule has 0 aliphatic carbocycles. The van der Waals surface area contributed by atoms with Crippen molar-refractivity contribution in [3.05, 3.63) is 42.7 Å². The first-order chi connectivity index (χ1) is 8.24. The van der Waals surface area contributed by atoms with E-state index in [1.54, 1.807) is 6.33 Å². The fourth-order valence-electron chi connectivity index (χ4n) is 1.87. The van der Waals surface area contributed by atoms with Crippen molar-refractivity contribution in [3.8, 4) is 5.82 Å². The second-order valence-corrected chi connectivity index (χ2v) is 4.00. The Labute approximate surface area is 99.5 Å². The van der Waals surface area contributed by atoms with Crippen LogP contribution in [0.4, 0.5) is 5.69 Å². The lowest BCUT2D eigenvalue weighted by molar-refractivity contribution is 1.03. The van der Waals surface area contributed by atoms with Crippen LogP contribution in [0.5, 0.6) is 0 Å². The number of fused-ring (bicyclic) bond motifs is 1. The molecule has 0 aliphatic rings. The smallest absolute Gasteiger partial charge is 0.164 e. The van der Waals surface area contributed by atoms with Crippen molar-refractivity contribution in [1.82, 2.24) is 14.5 Å². The van der Waals surface area contributed by atoms with Gasteiger partial charge in [-0.3, -0.25) is 4.57 Å². The predicted molar refractivity (Wildman–Crippen MR) is 71.5 cm³/mol. The van der Waals surface area contributed by atoms with Crippen LogP contribution in [0.25, 0.3) is 16.9 Å². The number of hydrogen-bond acceptors (Lipinski definition) is 3. The van der Waals surface area contributed by atoms with Gasteiger partial charge in [0, 0.05) is 5.69 Å². The number of nitrogen functional groups attached to an aromatic ring is 1. The van der Waals surface area contributed by atoms with Crippen molar-refractivity contribution in [1.29, 1.82) is 0 Å². The first-order valence-corrected chi connectivity index (χ1v) is 5.41. The Morgan fingerprint density at radius 2 is 2.06 bits per heavy atom. The van der Waals surface area contributed by atoms with E-state index in [1.807, 2.05) is 48.8 Å². The quantitative estimate of drug-likeness (QED) is 0.474. The Kier molecular flexibility index (Phi) is 2.11. The zero-order valence-corrected chi connectivity index (χ0v) is 9.46. The van der Waals surface area contributed by atoms with Crippen LogP contribution in [0.3, 0.4) is 0 Å². The molecule has 0 bridgehead atoms. The molecule has 0 saturated heterocycles. The van der Waals surface area contributed by atoms with Gasteiger partial charge in [0.2, 0.25) is 0 Å². The molecule has 3 aromatic rings. The number of rotatable bonds is 1. The summed E-state index contributed by atoms with van der Waals surface area (Å²) in [6.45, 7) is 0. The maximum absolute atomic E-state index is 5.80. The van der Waals surface area contributed by atoms with Crippen molar-refractivity contribution >= 4 is 30.2 Å². The Balaban J connectivity index is 2.27. The van der Waals surface area contributed by atoms with E-state index in [1.165, 1.54) is 0 Å². The van der Waals surface area contributed by atoms with E-state index in [9.17, 15) is 0 Å². The first kappa shape index (κ1) is 9.90. The van der Waals surface area contributed by atoms with E-state index in [0.29, 0.717) is 0 Å². The van der Waals surface area contributed by atoms with Gasteiger partial charge in [-0.2, -0.15) is 0 Å². The number of pyridine rings is 1. The lowest BCUT2D eigenvalue weighted by Gasteiger charge is -2.04. The van der Waals surface area contributed by atoms with Crippen LogP contribution in [0.1, 0.15) is 0 Å². The number of aromatic nitrogens is 3. The fourth-order valence-corrected chi connectivity index (χ4v) is 1.87. The van der Waals surface area contributed by atoms with Gasteiger partial charge < -0.3 is 5.73 Å². The van der Waals surface area contributed by atoms with Gasteiger partial charge in [0.1, 0.15) is 12.1 Å². The predicted octanol–water partition coefficient (Wildman–Crippen LogP) is 0.261. The largest absolute Gasteiger partial charge is 0.399 e. The summed E-state index contributed by atoms with van der Waals surface area (Å²) in [7, 11) is 1.97. The SMILES string of the molecule is Bc1cccc(-n2cnc3ccc(N)cc32)n1. The molecule has 0 amide bonds. The molecule has 17 heavy (non-hydrogen) atoms. The van der Waals surface area contributed by atoms with Crippen LogP contribution in [0.15, 0.2) is 42.7 Å². The van der Waals surface area contributed by atoms with Gasteiger partial charge in [0.25, 0.3) is 0 Å². The zero-order chi connectivity index (χ0) is 11.8. The third-order valence-electron chi connectivity index (χ3n) is 2.69. The highest BCUT2D eigenvalue weighted by Crippen LogP contribution is 2.18. The monoisotopic (exact) mass is 222 g/mol. The minimum absolute atomic E-state index is 0.729. The maximum Gasteiger partial charge on any atom is 0.164 e. The Hall–Kier alpha value is -2.30. The van der Waals surface area contributed by atoms with E-state index in [4.69, 9.17) is 5.73 Å².